The van der Waals surface area contributed by atoms with Crippen LogP contribution >= 0.6 is 0 Å². The molecule has 3 aliphatic rings. The maximum Gasteiger partial charge on any atom is 0.235 e. The second-order valence-corrected chi connectivity index (χ2v) is 11.7. The highest BCUT2D eigenvalue weighted by atomic mass is 16.3. The number of fused-ring (bicyclic) bond motifs is 3. The molecule has 0 heterocycles. The number of nitrogens with two attached hydrogens (primary N) is 1. The van der Waals surface area contributed by atoms with Crippen LogP contribution in [0.4, 0.5) is 5.69 Å². The normalized spacial score (nSPS) is 32.8. The van der Waals surface area contributed by atoms with Crippen molar-refractivity contribution in [3.8, 4) is 16.9 Å². The number of hydrogen-bond donors (Lipinski definition) is 4. The molecule has 2 aromatic carbocycles. The first kappa shape index (κ1) is 28.6. The molecule has 0 aliphatic heterocycles. The smallest absolute Gasteiger partial charge is 0.235 e. The van der Waals surface area contributed by atoms with E-state index in [1.807, 2.05) is 43.3 Å². The zero-order valence-electron chi connectivity index (χ0n) is 23.4. The van der Waals surface area contributed by atoms with Gasteiger partial charge in [0.15, 0.2) is 34.7 Å². The summed E-state index contributed by atoms with van der Waals surface area (Å²) in [6.45, 7) is 1.70. The molecule has 2 fully saturated rings. The van der Waals surface area contributed by atoms with E-state index in [9.17, 15) is 39.3 Å². The molecule has 11 nitrogen and oxygen atoms in total. The van der Waals surface area contributed by atoms with Crippen molar-refractivity contribution in [1.29, 1.82) is 0 Å². The fourth-order valence-corrected chi connectivity index (χ4v) is 7.26. The zero-order chi connectivity index (χ0) is 30.3. The Morgan fingerprint density at radius 2 is 1.56 bits per heavy atom. The van der Waals surface area contributed by atoms with Gasteiger partial charge >= 0.3 is 0 Å². The topological polar surface area (TPSA) is 179 Å². The van der Waals surface area contributed by atoms with E-state index >= 15 is 0 Å². The van der Waals surface area contributed by atoms with E-state index in [4.69, 9.17) is 5.73 Å². The molecular weight excluding hydrogens is 530 g/mol. The number of primary amides is 1. The van der Waals surface area contributed by atoms with Crippen molar-refractivity contribution in [1.82, 2.24) is 4.90 Å². The van der Waals surface area contributed by atoms with Crippen molar-refractivity contribution < 1.29 is 39.3 Å². The van der Waals surface area contributed by atoms with Gasteiger partial charge in [-0.2, -0.15) is 0 Å². The highest BCUT2D eigenvalue weighted by Gasteiger charge is 2.73. The molecule has 0 bridgehead atoms. The van der Waals surface area contributed by atoms with Gasteiger partial charge in [0.25, 0.3) is 0 Å². The van der Waals surface area contributed by atoms with E-state index in [0.717, 1.165) is 11.3 Å². The van der Waals surface area contributed by atoms with E-state index in [0.29, 0.717) is 11.1 Å². The number of amides is 1. The Bertz CT molecular complexity index is 1500. The summed E-state index contributed by atoms with van der Waals surface area (Å²) < 4.78 is 0. The van der Waals surface area contributed by atoms with E-state index in [1.165, 1.54) is 25.1 Å². The van der Waals surface area contributed by atoms with Gasteiger partial charge in [0.05, 0.1) is 29.5 Å². The third kappa shape index (κ3) is 3.79. The Balaban J connectivity index is 1.72. The fraction of sp³-hybridized carbons (Fsp3) is 0.433. The Hall–Kier alpha value is -3.93. The van der Waals surface area contributed by atoms with E-state index in [2.05, 4.69) is 0 Å². The van der Waals surface area contributed by atoms with Crippen LogP contribution in [-0.2, 0) is 19.2 Å². The maximum atomic E-state index is 14.1. The highest BCUT2D eigenvalue weighted by molar-refractivity contribution is 6.32. The van der Waals surface area contributed by atoms with Crippen LogP contribution in [0.25, 0.3) is 11.1 Å². The number of aliphatic hydroxyl groups excluding tert-OH is 1. The van der Waals surface area contributed by atoms with Crippen LogP contribution in [0, 0.1) is 23.7 Å². The third-order valence-electron chi connectivity index (χ3n) is 9.16. The summed E-state index contributed by atoms with van der Waals surface area (Å²) in [6, 6.07) is 9.08. The molecule has 5 rings (SSSR count). The minimum absolute atomic E-state index is 0.134. The zero-order valence-corrected chi connectivity index (χ0v) is 23.4. The van der Waals surface area contributed by atoms with Crippen molar-refractivity contribution in [2.24, 2.45) is 29.4 Å². The number of benzene rings is 2. The summed E-state index contributed by atoms with van der Waals surface area (Å²) in [6.07, 6.45) is -1.68. The largest absolute Gasteiger partial charge is 0.507 e. The minimum atomic E-state index is -3.02. The predicted molar refractivity (Wildman–Crippen MR) is 147 cm³/mol. The van der Waals surface area contributed by atoms with Crippen LogP contribution in [0.3, 0.4) is 0 Å². The Labute approximate surface area is 236 Å². The fourth-order valence-electron chi connectivity index (χ4n) is 7.26. The lowest BCUT2D eigenvalue weighted by atomic mass is 9.49. The molecule has 41 heavy (non-hydrogen) atoms. The molecule has 3 aliphatic carbocycles. The Kier molecular flexibility index (Phi) is 6.68. The molecule has 2 saturated carbocycles. The number of likely N-dealkylation sites (N-methyl/N-ethyl adjacent to an activating group) is 1. The number of carbonyl (C=O) groups is 5. The van der Waals surface area contributed by atoms with E-state index in [1.54, 1.807) is 13.0 Å². The maximum absolute atomic E-state index is 14.1. The molecule has 0 aromatic heterocycles. The standard InChI is InChI=1S/C30H33N3O8/c1-12-17-15(13-6-8-14(9-7-13)32(2)3)10-11-16(34)19(17)24(35)20-18(12)25(36)22-23(33(4)5)26(37)21(29(31)40)28(39)30(22,41)27(20)38/h6-12,18,20-23,25,34,36,41H,1-5H3,(H2,31,40)/t12-,18+,20?,21?,22+,23-,25-,30-/m0/s1. The van der Waals surface area contributed by atoms with Crippen molar-refractivity contribution >= 4 is 34.7 Å². The number of phenols is 1. The monoisotopic (exact) mass is 563 g/mol. The summed E-state index contributed by atoms with van der Waals surface area (Å²) in [5.74, 6) is -13.5. The third-order valence-corrected chi connectivity index (χ3v) is 9.16. The molecule has 8 atom stereocenters. The second kappa shape index (κ2) is 9.57. The molecule has 0 saturated heterocycles. The number of phenolic OH excluding ortho intramolecular Hbond substituents is 1. The lowest BCUT2D eigenvalue weighted by Gasteiger charge is -2.56. The van der Waals surface area contributed by atoms with Gasteiger partial charge in [0, 0.05) is 25.7 Å². The average molecular weight is 564 g/mol. The Morgan fingerprint density at radius 1 is 0.951 bits per heavy atom. The van der Waals surface area contributed by atoms with Gasteiger partial charge < -0.3 is 26.0 Å². The summed E-state index contributed by atoms with van der Waals surface area (Å²) >= 11 is 0. The van der Waals surface area contributed by atoms with Crippen molar-refractivity contribution in [2.75, 3.05) is 33.1 Å². The summed E-state index contributed by atoms with van der Waals surface area (Å²) in [4.78, 5) is 70.3. The van der Waals surface area contributed by atoms with Gasteiger partial charge in [-0.1, -0.05) is 25.1 Å². The van der Waals surface area contributed by atoms with Crippen LogP contribution in [0.5, 0.6) is 5.75 Å². The van der Waals surface area contributed by atoms with Gasteiger partial charge in [0.1, 0.15) is 5.75 Å². The molecule has 0 radical (unpaired) electrons. The number of Topliss-reactive ketones (excluding diaryl/α,β-unsaturated/α-hetero) is 4. The summed E-state index contributed by atoms with van der Waals surface area (Å²) in [7, 11) is 6.71. The first-order valence-electron chi connectivity index (χ1n) is 13.3. The number of ketones is 4. The van der Waals surface area contributed by atoms with E-state index < -0.39 is 76.4 Å². The lowest BCUT2D eigenvalue weighted by molar-refractivity contribution is -0.196. The first-order chi connectivity index (χ1) is 19.2. The molecule has 1 amide bonds. The first-order valence-corrected chi connectivity index (χ1v) is 13.3. The molecule has 2 unspecified atom stereocenters. The van der Waals surface area contributed by atoms with Crippen LogP contribution in [0.15, 0.2) is 36.4 Å². The average Bonchev–Trinajstić information content (AvgIpc) is 2.90. The number of nitrogens with zero attached hydrogens (tertiary/aromatic N) is 2. The van der Waals surface area contributed by atoms with Crippen molar-refractivity contribution in [2.45, 2.75) is 30.6 Å². The van der Waals surface area contributed by atoms with Gasteiger partial charge in [-0.3, -0.25) is 28.9 Å². The van der Waals surface area contributed by atoms with Gasteiger partial charge in [-0.25, -0.2) is 0 Å². The van der Waals surface area contributed by atoms with Crippen LogP contribution in [0.2, 0.25) is 0 Å². The molecule has 216 valence electrons. The summed E-state index contributed by atoms with van der Waals surface area (Å²) in [5, 5.41) is 34.4. The van der Waals surface area contributed by atoms with Gasteiger partial charge in [-0.15, -0.1) is 0 Å². The van der Waals surface area contributed by atoms with Crippen LogP contribution in [-0.4, -0.2) is 95.2 Å². The molecular formula is C30H33N3O8. The van der Waals surface area contributed by atoms with Crippen LogP contribution < -0.4 is 10.6 Å². The highest BCUT2D eigenvalue weighted by Crippen LogP contribution is 2.55. The number of aliphatic hydroxyl groups is 2. The summed E-state index contributed by atoms with van der Waals surface area (Å²) in [5.41, 5.74) is 4.88. The van der Waals surface area contributed by atoms with Gasteiger partial charge in [0.2, 0.25) is 5.91 Å². The number of carbonyl (C=O) groups excluding carboxylic acids is 5. The number of aromatic hydroxyl groups is 1. The molecule has 0 spiro atoms. The lowest BCUT2D eigenvalue weighted by Crippen LogP contribution is -2.77. The molecule has 2 aromatic rings. The number of hydrogen-bond acceptors (Lipinski definition) is 10. The van der Waals surface area contributed by atoms with Gasteiger partial charge in [-0.05, 0) is 54.9 Å². The van der Waals surface area contributed by atoms with Crippen molar-refractivity contribution in [3.05, 3.63) is 47.5 Å². The number of rotatable bonds is 4. The SMILES string of the molecule is C[C@H]1c2c(-c3ccc(N(C)C)cc3)ccc(O)c2C(=O)C2C(=O)[C@]3(O)C(=O)C(C(N)=O)C(=O)[C@@H](N(C)C)[C@@H]3[C@@H](O)[C@@H]21. The Morgan fingerprint density at radius 3 is 2.10 bits per heavy atom. The number of anilines is 1. The predicted octanol–water partition coefficient (Wildman–Crippen LogP) is 0.132. The van der Waals surface area contributed by atoms with E-state index in [-0.39, 0.29) is 11.3 Å². The quantitative estimate of drug-likeness (QED) is 0.374. The minimum Gasteiger partial charge on any atom is -0.507 e. The van der Waals surface area contributed by atoms with Crippen molar-refractivity contribution in [3.63, 3.8) is 0 Å². The van der Waals surface area contributed by atoms with Crippen LogP contribution in [0.1, 0.15) is 28.8 Å². The molecule has 11 heteroatoms. The second-order valence-electron chi connectivity index (χ2n) is 11.7. The molecule has 5 N–H and O–H groups in total.